The van der Waals surface area contributed by atoms with Gasteiger partial charge in [-0.25, -0.2) is 4.68 Å². The first-order valence-electron chi connectivity index (χ1n) is 7.44. The van der Waals surface area contributed by atoms with Gasteiger partial charge in [0.25, 0.3) is 5.91 Å². The zero-order valence-electron chi connectivity index (χ0n) is 13.5. The molecule has 0 aliphatic carbocycles. The number of nitrogens with zero attached hydrogens (tertiary/aromatic N) is 2. The van der Waals surface area contributed by atoms with Crippen LogP contribution < -0.4 is 5.32 Å². The van der Waals surface area contributed by atoms with E-state index in [1.807, 2.05) is 37.3 Å². The molecule has 122 valence electrons. The molecule has 0 unspecified atom stereocenters. The highest BCUT2D eigenvalue weighted by atomic mass is 16.4. The molecule has 0 saturated heterocycles. The molecular formula is C17H21N3O3. The van der Waals surface area contributed by atoms with E-state index in [1.165, 1.54) is 0 Å². The number of carboxylic acids is 1. The first-order chi connectivity index (χ1) is 10.8. The van der Waals surface area contributed by atoms with Crippen LogP contribution in [0.1, 0.15) is 42.7 Å². The molecule has 0 bridgehead atoms. The van der Waals surface area contributed by atoms with E-state index in [0.29, 0.717) is 12.1 Å². The standard InChI is InChI=1S/C17H21N3O3/c1-12-11-20(13-7-5-4-6-8-13)19-15(12)16(23)18-17(2,3)10-9-14(21)22/h4-8,11H,9-10H2,1-3H3,(H,18,23)(H,21,22). The number of aliphatic carboxylic acids is 1. The summed E-state index contributed by atoms with van der Waals surface area (Å²) in [6, 6.07) is 9.54. The second kappa shape index (κ2) is 6.64. The van der Waals surface area contributed by atoms with E-state index in [0.717, 1.165) is 11.3 Å². The Hall–Kier alpha value is -2.63. The molecule has 2 aromatic rings. The minimum Gasteiger partial charge on any atom is -0.481 e. The molecule has 0 spiro atoms. The smallest absolute Gasteiger partial charge is 0.303 e. The Bertz CT molecular complexity index is 705. The lowest BCUT2D eigenvalue weighted by Crippen LogP contribution is -2.44. The number of aromatic nitrogens is 2. The van der Waals surface area contributed by atoms with Gasteiger partial charge in [-0.3, -0.25) is 9.59 Å². The lowest BCUT2D eigenvalue weighted by atomic mass is 9.98. The number of benzene rings is 1. The highest BCUT2D eigenvalue weighted by Gasteiger charge is 2.24. The van der Waals surface area contributed by atoms with Crippen LogP contribution in [0.5, 0.6) is 0 Å². The largest absolute Gasteiger partial charge is 0.481 e. The second-order valence-corrected chi connectivity index (χ2v) is 6.17. The summed E-state index contributed by atoms with van der Waals surface area (Å²) in [4.78, 5) is 23.1. The molecule has 1 aromatic carbocycles. The van der Waals surface area contributed by atoms with E-state index in [2.05, 4.69) is 10.4 Å². The lowest BCUT2D eigenvalue weighted by Gasteiger charge is -2.25. The van der Waals surface area contributed by atoms with Gasteiger partial charge in [-0.1, -0.05) is 18.2 Å². The monoisotopic (exact) mass is 315 g/mol. The Balaban J connectivity index is 2.14. The van der Waals surface area contributed by atoms with Crippen molar-refractivity contribution in [3.05, 3.63) is 47.8 Å². The minimum atomic E-state index is -0.878. The Labute approximate surface area is 135 Å². The van der Waals surface area contributed by atoms with Crippen LogP contribution in [-0.2, 0) is 4.79 Å². The number of rotatable bonds is 6. The topological polar surface area (TPSA) is 84.2 Å². The number of hydrogen-bond donors (Lipinski definition) is 2. The predicted octanol–water partition coefficient (Wildman–Crippen LogP) is 2.55. The molecule has 1 aromatic heterocycles. The maximum Gasteiger partial charge on any atom is 0.303 e. The van der Waals surface area contributed by atoms with Crippen molar-refractivity contribution in [3.63, 3.8) is 0 Å². The number of hydrogen-bond acceptors (Lipinski definition) is 3. The quantitative estimate of drug-likeness (QED) is 0.858. The third kappa shape index (κ3) is 4.42. The van der Waals surface area contributed by atoms with Crippen molar-refractivity contribution in [1.82, 2.24) is 15.1 Å². The molecule has 6 nitrogen and oxygen atoms in total. The Morgan fingerprint density at radius 1 is 1.26 bits per heavy atom. The summed E-state index contributed by atoms with van der Waals surface area (Å²) in [5, 5.41) is 16.0. The van der Waals surface area contributed by atoms with E-state index in [1.54, 1.807) is 24.7 Å². The predicted molar refractivity (Wildman–Crippen MR) is 86.7 cm³/mol. The number of aryl methyl sites for hydroxylation is 1. The molecular weight excluding hydrogens is 294 g/mol. The van der Waals surface area contributed by atoms with Gasteiger partial charge >= 0.3 is 5.97 Å². The van der Waals surface area contributed by atoms with Gasteiger partial charge in [0.15, 0.2) is 5.69 Å². The minimum absolute atomic E-state index is 0.00468. The van der Waals surface area contributed by atoms with Crippen LogP contribution in [0, 0.1) is 6.92 Å². The van der Waals surface area contributed by atoms with Crippen LogP contribution >= 0.6 is 0 Å². The lowest BCUT2D eigenvalue weighted by molar-refractivity contribution is -0.137. The fourth-order valence-corrected chi connectivity index (χ4v) is 2.25. The van der Waals surface area contributed by atoms with E-state index in [4.69, 9.17) is 5.11 Å². The average molecular weight is 315 g/mol. The normalized spacial score (nSPS) is 11.3. The fraction of sp³-hybridized carbons (Fsp3) is 0.353. The van der Waals surface area contributed by atoms with Gasteiger partial charge in [0, 0.05) is 23.7 Å². The molecule has 1 heterocycles. The van der Waals surface area contributed by atoms with Gasteiger partial charge < -0.3 is 10.4 Å². The van der Waals surface area contributed by atoms with E-state index < -0.39 is 11.5 Å². The molecule has 0 radical (unpaired) electrons. The summed E-state index contributed by atoms with van der Waals surface area (Å²) in [7, 11) is 0. The van der Waals surface area contributed by atoms with Crippen LogP contribution in [0.3, 0.4) is 0 Å². The number of carbonyl (C=O) groups is 2. The van der Waals surface area contributed by atoms with Crippen molar-refractivity contribution in [2.75, 3.05) is 0 Å². The van der Waals surface area contributed by atoms with Crippen LogP contribution in [-0.4, -0.2) is 32.3 Å². The van der Waals surface area contributed by atoms with Crippen molar-refractivity contribution in [3.8, 4) is 5.69 Å². The Morgan fingerprint density at radius 2 is 1.91 bits per heavy atom. The van der Waals surface area contributed by atoms with Gasteiger partial charge in [-0.2, -0.15) is 5.10 Å². The van der Waals surface area contributed by atoms with Crippen LogP contribution in [0.4, 0.5) is 0 Å². The van der Waals surface area contributed by atoms with E-state index in [9.17, 15) is 9.59 Å². The van der Waals surface area contributed by atoms with Crippen molar-refractivity contribution in [1.29, 1.82) is 0 Å². The maximum atomic E-state index is 12.4. The van der Waals surface area contributed by atoms with Crippen LogP contribution in [0.2, 0.25) is 0 Å². The van der Waals surface area contributed by atoms with Crippen molar-refractivity contribution in [2.45, 2.75) is 39.2 Å². The molecule has 23 heavy (non-hydrogen) atoms. The van der Waals surface area contributed by atoms with Crippen LogP contribution in [0.25, 0.3) is 5.69 Å². The molecule has 0 atom stereocenters. The fourth-order valence-electron chi connectivity index (χ4n) is 2.25. The molecule has 6 heteroatoms. The number of carboxylic acid groups (broad SMARTS) is 1. The molecule has 0 aliphatic rings. The highest BCUT2D eigenvalue weighted by molar-refractivity contribution is 5.94. The third-order valence-corrected chi connectivity index (χ3v) is 3.55. The molecule has 0 saturated carbocycles. The average Bonchev–Trinajstić information content (AvgIpc) is 2.88. The second-order valence-electron chi connectivity index (χ2n) is 6.17. The summed E-state index contributed by atoms with van der Waals surface area (Å²) in [5.41, 5.74) is 1.37. The van der Waals surface area contributed by atoms with E-state index in [-0.39, 0.29) is 12.3 Å². The SMILES string of the molecule is Cc1cn(-c2ccccc2)nc1C(=O)NC(C)(C)CCC(=O)O. The summed E-state index contributed by atoms with van der Waals surface area (Å²) >= 11 is 0. The Morgan fingerprint density at radius 3 is 2.52 bits per heavy atom. The zero-order chi connectivity index (χ0) is 17.0. The molecule has 0 fully saturated rings. The number of amides is 1. The van der Waals surface area contributed by atoms with Gasteiger partial charge in [0.2, 0.25) is 0 Å². The van der Waals surface area contributed by atoms with Gasteiger partial charge in [-0.05, 0) is 39.3 Å². The first kappa shape index (κ1) is 16.7. The first-order valence-corrected chi connectivity index (χ1v) is 7.44. The van der Waals surface area contributed by atoms with E-state index >= 15 is 0 Å². The van der Waals surface area contributed by atoms with Gasteiger partial charge in [-0.15, -0.1) is 0 Å². The van der Waals surface area contributed by atoms with Crippen LogP contribution in [0.15, 0.2) is 36.5 Å². The number of carbonyl (C=O) groups excluding carboxylic acids is 1. The van der Waals surface area contributed by atoms with Gasteiger partial charge in [0.1, 0.15) is 0 Å². The summed E-state index contributed by atoms with van der Waals surface area (Å²) < 4.78 is 1.66. The van der Waals surface area contributed by atoms with Gasteiger partial charge in [0.05, 0.1) is 5.69 Å². The molecule has 2 N–H and O–H groups in total. The zero-order valence-corrected chi connectivity index (χ0v) is 13.5. The number of para-hydroxylation sites is 1. The van der Waals surface area contributed by atoms with Crippen molar-refractivity contribution in [2.24, 2.45) is 0 Å². The summed E-state index contributed by atoms with van der Waals surface area (Å²) in [6.45, 7) is 5.43. The summed E-state index contributed by atoms with van der Waals surface area (Å²) in [5.74, 6) is -1.18. The maximum absolute atomic E-state index is 12.4. The van der Waals surface area contributed by atoms with Crippen molar-refractivity contribution >= 4 is 11.9 Å². The number of nitrogens with one attached hydrogen (secondary N) is 1. The molecule has 2 rings (SSSR count). The van der Waals surface area contributed by atoms with Crippen molar-refractivity contribution < 1.29 is 14.7 Å². The molecule has 1 amide bonds. The summed E-state index contributed by atoms with van der Waals surface area (Å²) in [6.07, 6.45) is 2.16. The third-order valence-electron chi connectivity index (χ3n) is 3.55. The highest BCUT2D eigenvalue weighted by Crippen LogP contribution is 2.15. The Kier molecular flexibility index (Phi) is 4.83. The molecule has 0 aliphatic heterocycles.